The van der Waals surface area contributed by atoms with Crippen molar-refractivity contribution in [2.24, 2.45) is 5.41 Å². The highest BCUT2D eigenvalue weighted by Gasteiger charge is 2.41. The molecule has 0 unspecified atom stereocenters. The number of anilines is 1. The van der Waals surface area contributed by atoms with Crippen LogP contribution in [0, 0.1) is 12.3 Å². The first-order valence-electron chi connectivity index (χ1n) is 6.70. The van der Waals surface area contributed by atoms with Gasteiger partial charge in [0.2, 0.25) is 0 Å². The van der Waals surface area contributed by atoms with Crippen LogP contribution in [0.3, 0.4) is 0 Å². The van der Waals surface area contributed by atoms with Gasteiger partial charge in [0, 0.05) is 17.8 Å². The molecule has 0 saturated heterocycles. The van der Waals surface area contributed by atoms with Gasteiger partial charge in [-0.05, 0) is 55.4 Å². The van der Waals surface area contributed by atoms with Crippen LogP contribution < -0.4 is 11.1 Å². The zero-order chi connectivity index (χ0) is 13.2. The maximum atomic E-state index is 12.1. The van der Waals surface area contributed by atoms with Crippen LogP contribution in [0.1, 0.15) is 48.5 Å². The predicted octanol–water partition coefficient (Wildman–Crippen LogP) is 2.89. The molecular formula is C15H22N2O. The minimum atomic E-state index is -0.00669. The Labute approximate surface area is 109 Å². The number of nitrogens with one attached hydrogen (secondary N) is 1. The van der Waals surface area contributed by atoms with Crippen LogP contribution in [0.5, 0.6) is 0 Å². The summed E-state index contributed by atoms with van der Waals surface area (Å²) in [6.45, 7) is 4.95. The van der Waals surface area contributed by atoms with Crippen molar-refractivity contribution in [3.8, 4) is 0 Å². The van der Waals surface area contributed by atoms with Crippen molar-refractivity contribution >= 4 is 11.6 Å². The normalized spacial score (nSPS) is 16.3. The second-order valence-electron chi connectivity index (χ2n) is 5.57. The number of aryl methyl sites for hydroxylation is 1. The zero-order valence-electron chi connectivity index (χ0n) is 11.3. The van der Waals surface area contributed by atoms with Crippen molar-refractivity contribution in [2.75, 3.05) is 12.3 Å². The van der Waals surface area contributed by atoms with E-state index in [1.54, 1.807) is 6.07 Å². The number of hydrogen-bond donors (Lipinski definition) is 2. The Bertz CT molecular complexity index is 430. The predicted molar refractivity (Wildman–Crippen MR) is 74.5 cm³/mol. The molecule has 1 saturated carbocycles. The average molecular weight is 246 g/mol. The van der Waals surface area contributed by atoms with E-state index in [2.05, 4.69) is 12.2 Å². The van der Waals surface area contributed by atoms with E-state index in [1.165, 1.54) is 25.7 Å². The van der Waals surface area contributed by atoms with Crippen LogP contribution in [0.2, 0.25) is 0 Å². The van der Waals surface area contributed by atoms with Gasteiger partial charge in [-0.2, -0.15) is 0 Å². The third kappa shape index (κ3) is 3.03. The van der Waals surface area contributed by atoms with E-state index >= 15 is 0 Å². The van der Waals surface area contributed by atoms with Crippen molar-refractivity contribution < 1.29 is 4.79 Å². The van der Waals surface area contributed by atoms with Crippen molar-refractivity contribution in [1.29, 1.82) is 0 Å². The van der Waals surface area contributed by atoms with E-state index in [0.717, 1.165) is 12.1 Å². The van der Waals surface area contributed by atoms with Crippen LogP contribution in [0.15, 0.2) is 18.2 Å². The van der Waals surface area contributed by atoms with Gasteiger partial charge in [-0.3, -0.25) is 4.79 Å². The smallest absolute Gasteiger partial charge is 0.251 e. The molecule has 0 aromatic heterocycles. The topological polar surface area (TPSA) is 55.1 Å². The maximum absolute atomic E-state index is 12.1. The van der Waals surface area contributed by atoms with Crippen molar-refractivity contribution in [2.45, 2.75) is 39.5 Å². The zero-order valence-corrected chi connectivity index (χ0v) is 11.3. The largest absolute Gasteiger partial charge is 0.399 e. The fourth-order valence-corrected chi connectivity index (χ4v) is 2.54. The Hall–Kier alpha value is -1.51. The van der Waals surface area contributed by atoms with E-state index in [0.29, 0.717) is 16.7 Å². The highest BCUT2D eigenvalue weighted by atomic mass is 16.1. The van der Waals surface area contributed by atoms with Gasteiger partial charge in [0.05, 0.1) is 0 Å². The van der Waals surface area contributed by atoms with Crippen molar-refractivity contribution in [3.63, 3.8) is 0 Å². The molecule has 0 spiro atoms. The number of carbonyl (C=O) groups excluding carboxylic acids is 1. The highest BCUT2D eigenvalue weighted by molar-refractivity contribution is 5.95. The van der Waals surface area contributed by atoms with Gasteiger partial charge in [-0.15, -0.1) is 0 Å². The van der Waals surface area contributed by atoms with Gasteiger partial charge in [0.25, 0.3) is 5.91 Å². The van der Waals surface area contributed by atoms with Crippen LogP contribution in [0.4, 0.5) is 5.69 Å². The van der Waals surface area contributed by atoms with Crippen LogP contribution >= 0.6 is 0 Å². The SMILES string of the molecule is CCCC1(CNC(=O)c2cc(C)cc(N)c2)CC1. The van der Waals surface area contributed by atoms with Crippen molar-refractivity contribution in [1.82, 2.24) is 5.32 Å². The Kier molecular flexibility index (Phi) is 3.60. The van der Waals surface area contributed by atoms with Gasteiger partial charge in [-0.25, -0.2) is 0 Å². The molecule has 1 aliphatic carbocycles. The molecule has 18 heavy (non-hydrogen) atoms. The number of rotatable bonds is 5. The molecule has 1 aromatic carbocycles. The number of amides is 1. The number of nitrogens with two attached hydrogens (primary N) is 1. The second-order valence-corrected chi connectivity index (χ2v) is 5.57. The highest BCUT2D eigenvalue weighted by Crippen LogP contribution is 2.48. The first kappa shape index (κ1) is 12.9. The molecule has 0 radical (unpaired) electrons. The lowest BCUT2D eigenvalue weighted by Gasteiger charge is -2.15. The number of nitrogen functional groups attached to an aromatic ring is 1. The van der Waals surface area contributed by atoms with E-state index in [4.69, 9.17) is 5.73 Å². The fraction of sp³-hybridized carbons (Fsp3) is 0.533. The maximum Gasteiger partial charge on any atom is 0.251 e. The molecule has 1 fully saturated rings. The molecule has 0 atom stereocenters. The van der Waals surface area contributed by atoms with E-state index in [1.807, 2.05) is 19.1 Å². The third-order valence-corrected chi connectivity index (χ3v) is 3.72. The summed E-state index contributed by atoms with van der Waals surface area (Å²) >= 11 is 0. The van der Waals surface area contributed by atoms with E-state index < -0.39 is 0 Å². The van der Waals surface area contributed by atoms with Crippen molar-refractivity contribution in [3.05, 3.63) is 29.3 Å². The molecule has 1 aliphatic rings. The molecular weight excluding hydrogens is 224 g/mol. The molecule has 2 rings (SSSR count). The first-order valence-corrected chi connectivity index (χ1v) is 6.70. The van der Waals surface area contributed by atoms with Gasteiger partial charge in [0.1, 0.15) is 0 Å². The summed E-state index contributed by atoms with van der Waals surface area (Å²) in [7, 11) is 0. The Balaban J connectivity index is 1.95. The number of benzene rings is 1. The minimum absolute atomic E-state index is 0.00669. The van der Waals surface area contributed by atoms with Crippen LogP contribution in [0.25, 0.3) is 0 Å². The van der Waals surface area contributed by atoms with Gasteiger partial charge in [-0.1, -0.05) is 13.3 Å². The molecule has 3 heteroatoms. The molecule has 1 aromatic rings. The quantitative estimate of drug-likeness (QED) is 0.785. The summed E-state index contributed by atoms with van der Waals surface area (Å²) in [5.74, 6) is -0.00669. The Morgan fingerprint density at radius 2 is 2.11 bits per heavy atom. The second kappa shape index (κ2) is 5.01. The molecule has 0 aliphatic heterocycles. The number of carbonyl (C=O) groups is 1. The summed E-state index contributed by atoms with van der Waals surface area (Å²) < 4.78 is 0. The van der Waals surface area contributed by atoms with E-state index in [-0.39, 0.29) is 5.91 Å². The molecule has 98 valence electrons. The summed E-state index contributed by atoms with van der Waals surface area (Å²) in [5, 5.41) is 3.05. The molecule has 3 N–H and O–H groups in total. The average Bonchev–Trinajstić information content (AvgIpc) is 3.06. The fourth-order valence-electron chi connectivity index (χ4n) is 2.54. The summed E-state index contributed by atoms with van der Waals surface area (Å²) in [5.41, 5.74) is 8.49. The monoisotopic (exact) mass is 246 g/mol. The Morgan fingerprint density at radius 1 is 1.39 bits per heavy atom. The van der Waals surface area contributed by atoms with Crippen LogP contribution in [-0.2, 0) is 0 Å². The third-order valence-electron chi connectivity index (χ3n) is 3.72. The summed E-state index contributed by atoms with van der Waals surface area (Å²) in [6.07, 6.45) is 4.89. The van der Waals surface area contributed by atoms with Gasteiger partial charge in [0.15, 0.2) is 0 Å². The molecule has 0 bridgehead atoms. The number of hydrogen-bond acceptors (Lipinski definition) is 2. The summed E-state index contributed by atoms with van der Waals surface area (Å²) in [4.78, 5) is 12.1. The first-order chi connectivity index (χ1) is 8.54. The molecule has 1 amide bonds. The standard InChI is InChI=1S/C15H22N2O/c1-3-4-15(5-6-15)10-17-14(18)12-7-11(2)8-13(16)9-12/h7-9H,3-6,10,16H2,1-2H3,(H,17,18). The summed E-state index contributed by atoms with van der Waals surface area (Å²) in [6, 6.07) is 5.49. The lowest BCUT2D eigenvalue weighted by atomic mass is 10.0. The minimum Gasteiger partial charge on any atom is -0.399 e. The Morgan fingerprint density at radius 3 is 2.67 bits per heavy atom. The van der Waals surface area contributed by atoms with Gasteiger partial charge >= 0.3 is 0 Å². The van der Waals surface area contributed by atoms with Crippen LogP contribution in [-0.4, -0.2) is 12.5 Å². The molecule has 3 nitrogen and oxygen atoms in total. The lowest BCUT2D eigenvalue weighted by Crippen LogP contribution is -2.30. The molecule has 0 heterocycles. The van der Waals surface area contributed by atoms with E-state index in [9.17, 15) is 4.79 Å². The van der Waals surface area contributed by atoms with Gasteiger partial charge < -0.3 is 11.1 Å². The lowest BCUT2D eigenvalue weighted by molar-refractivity contribution is 0.0943.